The fourth-order valence-corrected chi connectivity index (χ4v) is 1.91. The number of ether oxygens (including phenoxy) is 2. The summed E-state index contributed by atoms with van der Waals surface area (Å²) < 4.78 is 9.89. The van der Waals surface area contributed by atoms with E-state index in [0.717, 1.165) is 25.7 Å². The van der Waals surface area contributed by atoms with Crippen LogP contribution in [0.25, 0.3) is 0 Å². The maximum Gasteiger partial charge on any atom is 0.217 e. The number of hydrogen-bond acceptors (Lipinski definition) is 3. The summed E-state index contributed by atoms with van der Waals surface area (Å²) >= 11 is 0. The van der Waals surface area contributed by atoms with Crippen molar-refractivity contribution in [2.45, 2.75) is 38.4 Å². The smallest absolute Gasteiger partial charge is 0.217 e. The van der Waals surface area contributed by atoms with Crippen molar-refractivity contribution < 1.29 is 14.3 Å². The van der Waals surface area contributed by atoms with Crippen molar-refractivity contribution in [1.82, 2.24) is 0 Å². The van der Waals surface area contributed by atoms with E-state index in [0.29, 0.717) is 0 Å². The van der Waals surface area contributed by atoms with Crippen LogP contribution < -0.4 is 0 Å². The largest absolute Gasteiger partial charge is 0.349 e. The van der Waals surface area contributed by atoms with Crippen LogP contribution in [0.15, 0.2) is 0 Å². The van der Waals surface area contributed by atoms with Crippen molar-refractivity contribution in [1.29, 1.82) is 0 Å². The number of carbonyl (C=O) groups excluding carboxylic acids is 1. The highest BCUT2D eigenvalue weighted by Crippen LogP contribution is 2.25. The molecule has 0 bridgehead atoms. The van der Waals surface area contributed by atoms with Gasteiger partial charge in [0.15, 0.2) is 5.78 Å². The summed E-state index contributed by atoms with van der Waals surface area (Å²) in [6, 6.07) is 0. The lowest BCUT2D eigenvalue weighted by Crippen LogP contribution is -2.32. The van der Waals surface area contributed by atoms with Crippen LogP contribution in [0.2, 0.25) is 0 Å². The summed E-state index contributed by atoms with van der Waals surface area (Å²) in [6.45, 7) is 0. The van der Waals surface area contributed by atoms with Gasteiger partial charge in [-0.05, 0) is 12.8 Å². The Morgan fingerprint density at radius 1 is 1.15 bits per heavy atom. The highest BCUT2D eigenvalue weighted by Gasteiger charge is 2.27. The Bertz CT molecular complexity index is 158. The number of rotatable bonds is 4. The number of carbonyl (C=O) groups is 1. The molecule has 0 N–H and O–H groups in total. The van der Waals surface area contributed by atoms with Gasteiger partial charge in [-0.1, -0.05) is 19.3 Å². The SMILES string of the molecule is COC(OC)C(=O)C1CCCCC1. The normalized spacial score (nSPS) is 19.3. The molecule has 0 aromatic carbocycles. The summed E-state index contributed by atoms with van der Waals surface area (Å²) in [5.41, 5.74) is 0. The van der Waals surface area contributed by atoms with Crippen LogP contribution in [0, 0.1) is 5.92 Å². The van der Waals surface area contributed by atoms with Crippen molar-refractivity contribution in [3.05, 3.63) is 0 Å². The first-order valence-electron chi connectivity index (χ1n) is 4.89. The van der Waals surface area contributed by atoms with E-state index in [1.54, 1.807) is 0 Å². The zero-order chi connectivity index (χ0) is 9.68. The average Bonchev–Trinajstić information content (AvgIpc) is 2.21. The first-order chi connectivity index (χ1) is 6.29. The Labute approximate surface area is 79.4 Å². The van der Waals surface area contributed by atoms with Gasteiger partial charge in [-0.25, -0.2) is 0 Å². The number of Topliss-reactive ketones (excluding diaryl/α,β-unsaturated/α-hetero) is 1. The van der Waals surface area contributed by atoms with Crippen LogP contribution in [0.4, 0.5) is 0 Å². The molecule has 3 heteroatoms. The second-order valence-electron chi connectivity index (χ2n) is 3.54. The Balaban J connectivity index is 2.44. The van der Waals surface area contributed by atoms with Gasteiger partial charge in [0.2, 0.25) is 6.29 Å². The zero-order valence-electron chi connectivity index (χ0n) is 8.41. The zero-order valence-corrected chi connectivity index (χ0v) is 8.41. The summed E-state index contributed by atoms with van der Waals surface area (Å²) in [4.78, 5) is 11.7. The first-order valence-corrected chi connectivity index (χ1v) is 4.89. The molecular formula is C10H18O3. The van der Waals surface area contributed by atoms with E-state index in [1.807, 2.05) is 0 Å². The summed E-state index contributed by atoms with van der Waals surface area (Å²) in [5, 5.41) is 0. The van der Waals surface area contributed by atoms with Crippen LogP contribution in [0.5, 0.6) is 0 Å². The molecule has 76 valence electrons. The molecule has 1 aliphatic rings. The third-order valence-electron chi connectivity index (χ3n) is 2.67. The van der Waals surface area contributed by atoms with Crippen LogP contribution in [0.3, 0.4) is 0 Å². The fourth-order valence-electron chi connectivity index (χ4n) is 1.91. The lowest BCUT2D eigenvalue weighted by Gasteiger charge is -2.23. The molecule has 0 radical (unpaired) electrons. The maximum absolute atomic E-state index is 11.7. The van der Waals surface area contributed by atoms with Crippen LogP contribution in [-0.4, -0.2) is 26.3 Å². The summed E-state index contributed by atoms with van der Waals surface area (Å²) in [6.07, 6.45) is 4.94. The molecule has 0 heterocycles. The molecule has 13 heavy (non-hydrogen) atoms. The summed E-state index contributed by atoms with van der Waals surface area (Å²) in [5.74, 6) is 0.281. The van der Waals surface area contributed by atoms with Gasteiger partial charge in [-0.3, -0.25) is 4.79 Å². The number of hydrogen-bond donors (Lipinski definition) is 0. The predicted molar refractivity (Wildman–Crippen MR) is 49.4 cm³/mol. The molecule has 1 fully saturated rings. The molecule has 1 saturated carbocycles. The standard InChI is InChI=1S/C10H18O3/c1-12-10(13-2)9(11)8-6-4-3-5-7-8/h8,10H,3-7H2,1-2H3. The average molecular weight is 186 g/mol. The Morgan fingerprint density at radius 3 is 2.15 bits per heavy atom. The quantitative estimate of drug-likeness (QED) is 0.627. The monoisotopic (exact) mass is 186 g/mol. The van der Waals surface area contributed by atoms with Crippen molar-refractivity contribution in [3.8, 4) is 0 Å². The van der Waals surface area contributed by atoms with Gasteiger partial charge in [0, 0.05) is 20.1 Å². The van der Waals surface area contributed by atoms with E-state index in [9.17, 15) is 4.79 Å². The maximum atomic E-state index is 11.7. The third kappa shape index (κ3) is 2.78. The lowest BCUT2D eigenvalue weighted by molar-refractivity contribution is -0.161. The van der Waals surface area contributed by atoms with Crippen LogP contribution in [0.1, 0.15) is 32.1 Å². The molecule has 0 aromatic rings. The molecular weight excluding hydrogens is 168 g/mol. The minimum absolute atomic E-state index is 0.115. The van der Waals surface area contributed by atoms with Gasteiger partial charge in [0.25, 0.3) is 0 Å². The van der Waals surface area contributed by atoms with E-state index >= 15 is 0 Å². The molecule has 0 aromatic heterocycles. The highest BCUT2D eigenvalue weighted by atomic mass is 16.7. The fraction of sp³-hybridized carbons (Fsp3) is 0.900. The van der Waals surface area contributed by atoms with Crippen LogP contribution in [-0.2, 0) is 14.3 Å². The van der Waals surface area contributed by atoms with E-state index in [4.69, 9.17) is 9.47 Å². The molecule has 1 aliphatic carbocycles. The van der Waals surface area contributed by atoms with Gasteiger partial charge in [-0.15, -0.1) is 0 Å². The number of ketones is 1. The Hall–Kier alpha value is -0.410. The van der Waals surface area contributed by atoms with Gasteiger partial charge >= 0.3 is 0 Å². The molecule has 0 spiro atoms. The van der Waals surface area contributed by atoms with E-state index < -0.39 is 6.29 Å². The van der Waals surface area contributed by atoms with Gasteiger partial charge in [-0.2, -0.15) is 0 Å². The topological polar surface area (TPSA) is 35.5 Å². The second kappa shape index (κ2) is 5.35. The predicted octanol–water partition coefficient (Wildman–Crippen LogP) is 1.75. The molecule has 0 unspecified atom stereocenters. The van der Waals surface area contributed by atoms with Gasteiger partial charge in [0.05, 0.1) is 0 Å². The van der Waals surface area contributed by atoms with Crippen molar-refractivity contribution in [2.75, 3.05) is 14.2 Å². The molecule has 3 nitrogen and oxygen atoms in total. The van der Waals surface area contributed by atoms with Crippen LogP contribution >= 0.6 is 0 Å². The molecule has 1 rings (SSSR count). The molecule has 0 saturated heterocycles. The Kier molecular flexibility index (Phi) is 4.39. The van der Waals surface area contributed by atoms with E-state index in [2.05, 4.69) is 0 Å². The summed E-state index contributed by atoms with van der Waals surface area (Å²) in [7, 11) is 3.02. The molecule has 0 amide bonds. The molecule has 0 atom stereocenters. The lowest BCUT2D eigenvalue weighted by atomic mass is 9.86. The minimum Gasteiger partial charge on any atom is -0.349 e. The van der Waals surface area contributed by atoms with E-state index in [1.165, 1.54) is 20.6 Å². The first kappa shape index (κ1) is 10.7. The number of methoxy groups -OCH3 is 2. The second-order valence-corrected chi connectivity index (χ2v) is 3.54. The molecule has 0 aliphatic heterocycles. The minimum atomic E-state index is -0.650. The van der Waals surface area contributed by atoms with Crippen molar-refractivity contribution in [3.63, 3.8) is 0 Å². The van der Waals surface area contributed by atoms with Crippen molar-refractivity contribution in [2.24, 2.45) is 5.92 Å². The van der Waals surface area contributed by atoms with Crippen molar-refractivity contribution >= 4 is 5.78 Å². The van der Waals surface area contributed by atoms with Gasteiger partial charge < -0.3 is 9.47 Å². The highest BCUT2D eigenvalue weighted by molar-refractivity contribution is 5.84. The third-order valence-corrected chi connectivity index (χ3v) is 2.67. The Morgan fingerprint density at radius 2 is 1.69 bits per heavy atom. The van der Waals surface area contributed by atoms with Gasteiger partial charge in [0.1, 0.15) is 0 Å². The van der Waals surface area contributed by atoms with E-state index in [-0.39, 0.29) is 11.7 Å².